The third kappa shape index (κ3) is 5.33. The van der Waals surface area contributed by atoms with Crippen molar-refractivity contribution >= 4 is 41.2 Å². The van der Waals surface area contributed by atoms with Gasteiger partial charge in [-0.15, -0.1) is 23.5 Å². The van der Waals surface area contributed by atoms with Crippen LogP contribution in [-0.2, 0) is 4.79 Å². The molecule has 7 heteroatoms. The number of aliphatic hydroxyl groups is 1. The molecule has 2 fully saturated rings. The molecule has 0 saturated carbocycles. The minimum Gasteiger partial charge on any atom is -0.394 e. The molecule has 0 aromatic carbocycles. The van der Waals surface area contributed by atoms with E-state index in [9.17, 15) is 9.90 Å². The Labute approximate surface area is 134 Å². The molecule has 2 aliphatic rings. The molecule has 0 aliphatic carbocycles. The van der Waals surface area contributed by atoms with Crippen molar-refractivity contribution in [1.29, 1.82) is 0 Å². The van der Waals surface area contributed by atoms with E-state index < -0.39 is 0 Å². The van der Waals surface area contributed by atoms with Crippen molar-refractivity contribution in [2.75, 3.05) is 47.9 Å². The summed E-state index contributed by atoms with van der Waals surface area (Å²) in [6.45, 7) is 0.886. The van der Waals surface area contributed by atoms with Gasteiger partial charge in [-0.25, -0.2) is 0 Å². The number of nitrogens with one attached hydrogen (secondary N) is 1. The Bertz CT molecular complexity index is 304. The van der Waals surface area contributed by atoms with Gasteiger partial charge in [0.05, 0.1) is 12.1 Å². The monoisotopic (exact) mass is 336 g/mol. The highest BCUT2D eigenvalue weighted by molar-refractivity contribution is 8.03. The average Bonchev–Trinajstić information content (AvgIpc) is 2.75. The molecule has 0 radical (unpaired) electrons. The van der Waals surface area contributed by atoms with Crippen LogP contribution >= 0.6 is 35.3 Å². The molecule has 0 aromatic heterocycles. The maximum absolute atomic E-state index is 12.1. The Kier molecular flexibility index (Phi) is 7.38. The van der Waals surface area contributed by atoms with Gasteiger partial charge in [0.2, 0.25) is 5.91 Å². The summed E-state index contributed by atoms with van der Waals surface area (Å²) < 4.78 is 0. The molecule has 2 aliphatic heterocycles. The lowest BCUT2D eigenvalue weighted by molar-refractivity contribution is -0.124. The Balaban J connectivity index is 1.73. The summed E-state index contributed by atoms with van der Waals surface area (Å²) in [4.78, 5) is 14.5. The van der Waals surface area contributed by atoms with E-state index in [0.29, 0.717) is 6.42 Å². The van der Waals surface area contributed by atoms with Gasteiger partial charge in [0.15, 0.2) is 0 Å². The maximum Gasteiger partial charge on any atom is 0.221 e. The molecule has 20 heavy (non-hydrogen) atoms. The minimum absolute atomic E-state index is 0.0642. The van der Waals surface area contributed by atoms with Gasteiger partial charge < -0.3 is 10.4 Å². The standard InChI is InChI=1S/C13H24N2O2S3/c16-9-13(2-5-18-6-3-13)14-12(17)1-4-15-10-19-7-8-20-11-15/h16H,1-11H2,(H,14,17). The lowest BCUT2D eigenvalue weighted by atomic mass is 9.93. The van der Waals surface area contributed by atoms with Crippen LogP contribution in [0.1, 0.15) is 19.3 Å². The van der Waals surface area contributed by atoms with Gasteiger partial charge in [-0.2, -0.15) is 11.8 Å². The largest absolute Gasteiger partial charge is 0.394 e. The minimum atomic E-state index is -0.357. The van der Waals surface area contributed by atoms with Crippen LogP contribution in [0.25, 0.3) is 0 Å². The number of amides is 1. The maximum atomic E-state index is 12.1. The molecule has 2 rings (SSSR count). The highest BCUT2D eigenvalue weighted by Crippen LogP contribution is 2.26. The van der Waals surface area contributed by atoms with Crippen molar-refractivity contribution in [3.05, 3.63) is 0 Å². The van der Waals surface area contributed by atoms with E-state index in [-0.39, 0.29) is 18.1 Å². The normalized spacial score (nSPS) is 24.1. The molecule has 0 spiro atoms. The Morgan fingerprint density at radius 2 is 1.75 bits per heavy atom. The third-order valence-corrected chi connectivity index (χ3v) is 7.06. The zero-order chi connectivity index (χ0) is 14.3. The van der Waals surface area contributed by atoms with Crippen LogP contribution in [0.15, 0.2) is 0 Å². The van der Waals surface area contributed by atoms with E-state index >= 15 is 0 Å². The Morgan fingerprint density at radius 1 is 1.10 bits per heavy atom. The predicted molar refractivity (Wildman–Crippen MR) is 90.5 cm³/mol. The van der Waals surface area contributed by atoms with Gasteiger partial charge >= 0.3 is 0 Å². The highest BCUT2D eigenvalue weighted by Gasteiger charge is 2.33. The first-order chi connectivity index (χ1) is 9.74. The molecule has 1 amide bonds. The summed E-state index contributed by atoms with van der Waals surface area (Å²) in [7, 11) is 0. The van der Waals surface area contributed by atoms with Crippen molar-refractivity contribution in [3.8, 4) is 0 Å². The molecular formula is C13H24N2O2S3. The fraction of sp³-hybridized carbons (Fsp3) is 0.923. The van der Waals surface area contributed by atoms with Crippen molar-refractivity contribution in [2.45, 2.75) is 24.8 Å². The quantitative estimate of drug-likeness (QED) is 0.792. The van der Waals surface area contributed by atoms with Crippen molar-refractivity contribution < 1.29 is 9.90 Å². The van der Waals surface area contributed by atoms with Crippen molar-refractivity contribution in [2.24, 2.45) is 0 Å². The number of carbonyl (C=O) groups is 1. The molecule has 2 N–H and O–H groups in total. The number of carbonyl (C=O) groups excluding carboxylic acids is 1. The number of aliphatic hydroxyl groups excluding tert-OH is 1. The van der Waals surface area contributed by atoms with Gasteiger partial charge in [0.1, 0.15) is 0 Å². The van der Waals surface area contributed by atoms with Gasteiger partial charge in [-0.3, -0.25) is 9.69 Å². The first-order valence-corrected chi connectivity index (χ1v) is 10.6. The fourth-order valence-electron chi connectivity index (χ4n) is 2.37. The molecule has 0 atom stereocenters. The zero-order valence-electron chi connectivity index (χ0n) is 11.8. The van der Waals surface area contributed by atoms with Gasteiger partial charge in [-0.1, -0.05) is 0 Å². The molecular weight excluding hydrogens is 312 g/mol. The number of thioether (sulfide) groups is 3. The lowest BCUT2D eigenvalue weighted by Gasteiger charge is -2.36. The van der Waals surface area contributed by atoms with Crippen molar-refractivity contribution in [3.63, 3.8) is 0 Å². The molecule has 0 aromatic rings. The number of nitrogens with zero attached hydrogens (tertiary/aromatic N) is 1. The first-order valence-electron chi connectivity index (χ1n) is 7.12. The lowest BCUT2D eigenvalue weighted by Crippen LogP contribution is -2.53. The highest BCUT2D eigenvalue weighted by atomic mass is 32.2. The smallest absolute Gasteiger partial charge is 0.221 e. The molecule has 2 heterocycles. The first kappa shape index (κ1) is 16.8. The predicted octanol–water partition coefficient (Wildman–Crippen LogP) is 1.45. The number of hydrogen-bond donors (Lipinski definition) is 2. The van der Waals surface area contributed by atoms with Crippen LogP contribution in [0, 0.1) is 0 Å². The van der Waals surface area contributed by atoms with Crippen LogP contribution in [0.2, 0.25) is 0 Å². The second kappa shape index (κ2) is 8.78. The summed E-state index contributed by atoms with van der Waals surface area (Å²) in [5, 5.41) is 12.7. The van der Waals surface area contributed by atoms with E-state index in [1.165, 1.54) is 11.5 Å². The SMILES string of the molecule is O=C(CCN1CSCCSC1)NC1(CO)CCSCC1. The summed E-state index contributed by atoms with van der Waals surface area (Å²) in [5.41, 5.74) is -0.357. The Morgan fingerprint density at radius 3 is 2.35 bits per heavy atom. The van der Waals surface area contributed by atoms with Crippen LogP contribution < -0.4 is 5.32 Å². The number of rotatable bonds is 5. The fourth-order valence-corrected chi connectivity index (χ4v) is 5.92. The van der Waals surface area contributed by atoms with E-state index in [1.54, 1.807) is 0 Å². The van der Waals surface area contributed by atoms with Crippen LogP contribution in [0.3, 0.4) is 0 Å². The molecule has 4 nitrogen and oxygen atoms in total. The molecule has 0 bridgehead atoms. The van der Waals surface area contributed by atoms with Gasteiger partial charge in [-0.05, 0) is 24.3 Å². The third-order valence-electron chi connectivity index (χ3n) is 3.73. The van der Waals surface area contributed by atoms with E-state index in [1.807, 2.05) is 35.3 Å². The zero-order valence-corrected chi connectivity index (χ0v) is 14.3. The summed E-state index contributed by atoms with van der Waals surface area (Å²) in [6.07, 6.45) is 2.31. The summed E-state index contributed by atoms with van der Waals surface area (Å²) >= 11 is 5.79. The summed E-state index contributed by atoms with van der Waals surface area (Å²) in [5.74, 6) is 6.62. The molecule has 116 valence electrons. The summed E-state index contributed by atoms with van der Waals surface area (Å²) in [6, 6.07) is 0. The Hall–Kier alpha value is 0.440. The van der Waals surface area contributed by atoms with E-state index in [0.717, 1.165) is 42.6 Å². The molecule has 0 unspecified atom stereocenters. The second-order valence-corrected chi connectivity index (χ2v) is 8.69. The average molecular weight is 337 g/mol. The topological polar surface area (TPSA) is 52.6 Å². The van der Waals surface area contributed by atoms with E-state index in [4.69, 9.17) is 0 Å². The van der Waals surface area contributed by atoms with Gasteiger partial charge in [0.25, 0.3) is 0 Å². The number of hydrogen-bond acceptors (Lipinski definition) is 6. The van der Waals surface area contributed by atoms with E-state index in [2.05, 4.69) is 10.2 Å². The van der Waals surface area contributed by atoms with Crippen LogP contribution in [0.4, 0.5) is 0 Å². The van der Waals surface area contributed by atoms with Gasteiger partial charge in [0, 0.05) is 36.2 Å². The van der Waals surface area contributed by atoms with Crippen LogP contribution in [-0.4, -0.2) is 69.4 Å². The van der Waals surface area contributed by atoms with Crippen molar-refractivity contribution in [1.82, 2.24) is 10.2 Å². The second-order valence-electron chi connectivity index (χ2n) is 5.32. The molecule has 2 saturated heterocycles. The van der Waals surface area contributed by atoms with Crippen LogP contribution in [0.5, 0.6) is 0 Å².